The maximum Gasteiger partial charge on any atom is 0.306 e. The number of rotatable bonds is 5. The van der Waals surface area contributed by atoms with Gasteiger partial charge in [-0.2, -0.15) is 0 Å². The first-order chi connectivity index (χ1) is 12.1. The van der Waals surface area contributed by atoms with Crippen molar-refractivity contribution in [3.63, 3.8) is 0 Å². The van der Waals surface area contributed by atoms with Gasteiger partial charge in [0.2, 0.25) is 5.91 Å². The van der Waals surface area contributed by atoms with Crippen molar-refractivity contribution < 1.29 is 19.4 Å². The van der Waals surface area contributed by atoms with Crippen LogP contribution in [0.4, 0.5) is 0 Å². The molecule has 1 aromatic carbocycles. The summed E-state index contributed by atoms with van der Waals surface area (Å²) in [6, 6.07) is 10.3. The lowest BCUT2D eigenvalue weighted by molar-refractivity contribution is -0.146. The minimum Gasteiger partial charge on any atom is -0.481 e. The molecule has 2 aliphatic heterocycles. The first kappa shape index (κ1) is 17.9. The Hall–Kier alpha value is -1.92. The molecule has 2 saturated heterocycles. The van der Waals surface area contributed by atoms with Crippen molar-refractivity contribution in [3.05, 3.63) is 35.9 Å². The predicted molar refractivity (Wildman–Crippen MR) is 93.3 cm³/mol. The zero-order chi connectivity index (χ0) is 17.6. The fourth-order valence-corrected chi connectivity index (χ4v) is 3.59. The molecular formula is C19H26N2O4. The van der Waals surface area contributed by atoms with Crippen LogP contribution in [0.5, 0.6) is 0 Å². The van der Waals surface area contributed by atoms with E-state index >= 15 is 0 Å². The molecule has 1 atom stereocenters. The van der Waals surface area contributed by atoms with Crippen LogP contribution in [0.15, 0.2) is 30.3 Å². The molecule has 6 nitrogen and oxygen atoms in total. The third-order valence-electron chi connectivity index (χ3n) is 5.08. The highest BCUT2D eigenvalue weighted by molar-refractivity contribution is 5.79. The second kappa shape index (κ2) is 8.45. The summed E-state index contributed by atoms with van der Waals surface area (Å²) in [4.78, 5) is 27.5. The molecule has 3 rings (SSSR count). The van der Waals surface area contributed by atoms with Gasteiger partial charge in [-0.05, 0) is 24.8 Å². The number of carbonyl (C=O) groups is 2. The number of morpholine rings is 1. The van der Waals surface area contributed by atoms with E-state index in [0.717, 1.165) is 19.5 Å². The number of hydrogen-bond acceptors (Lipinski definition) is 4. The minimum absolute atomic E-state index is 0.101. The largest absolute Gasteiger partial charge is 0.481 e. The number of piperidine rings is 1. The smallest absolute Gasteiger partial charge is 0.306 e. The summed E-state index contributed by atoms with van der Waals surface area (Å²) < 4.78 is 5.85. The number of likely N-dealkylation sites (tertiary alicyclic amines) is 1. The average molecular weight is 346 g/mol. The summed E-state index contributed by atoms with van der Waals surface area (Å²) in [7, 11) is 0. The van der Waals surface area contributed by atoms with Gasteiger partial charge in [-0.3, -0.25) is 14.5 Å². The molecule has 136 valence electrons. The molecule has 2 fully saturated rings. The molecule has 0 aromatic heterocycles. The summed E-state index contributed by atoms with van der Waals surface area (Å²) in [5, 5.41) is 9.05. The Balaban J connectivity index is 1.46. The van der Waals surface area contributed by atoms with Crippen molar-refractivity contribution in [2.45, 2.75) is 25.4 Å². The van der Waals surface area contributed by atoms with E-state index in [1.165, 1.54) is 5.56 Å². The number of amides is 1. The second-order valence-corrected chi connectivity index (χ2v) is 6.91. The lowest BCUT2D eigenvalue weighted by Gasteiger charge is -2.35. The van der Waals surface area contributed by atoms with Gasteiger partial charge in [0.25, 0.3) is 0 Å². The standard InChI is InChI=1S/C19H26N2O4/c22-18(21-8-6-16(7-9-21)19(23)24)14-20-10-11-25-17(13-20)12-15-4-2-1-3-5-15/h1-5,16-17H,6-14H2,(H,23,24). The molecule has 1 amide bonds. The van der Waals surface area contributed by atoms with Crippen LogP contribution in [0, 0.1) is 5.92 Å². The Morgan fingerprint density at radius 1 is 1.12 bits per heavy atom. The number of ether oxygens (including phenoxy) is 1. The maximum absolute atomic E-state index is 12.5. The van der Waals surface area contributed by atoms with E-state index in [0.29, 0.717) is 39.1 Å². The molecule has 0 aliphatic carbocycles. The van der Waals surface area contributed by atoms with Crippen LogP contribution in [-0.4, -0.2) is 72.2 Å². The van der Waals surface area contributed by atoms with Gasteiger partial charge in [0.05, 0.1) is 25.2 Å². The fourth-order valence-electron chi connectivity index (χ4n) is 3.59. The second-order valence-electron chi connectivity index (χ2n) is 6.91. The highest BCUT2D eigenvalue weighted by atomic mass is 16.5. The van der Waals surface area contributed by atoms with Crippen LogP contribution in [-0.2, 0) is 20.7 Å². The molecule has 0 saturated carbocycles. The SMILES string of the molecule is O=C(O)C1CCN(C(=O)CN2CCOC(Cc3ccccc3)C2)CC1. The quantitative estimate of drug-likeness (QED) is 0.869. The van der Waals surface area contributed by atoms with Crippen LogP contribution in [0.3, 0.4) is 0 Å². The van der Waals surface area contributed by atoms with E-state index in [4.69, 9.17) is 9.84 Å². The summed E-state index contributed by atoms with van der Waals surface area (Å²) in [6.45, 7) is 3.66. The molecule has 0 bridgehead atoms. The Morgan fingerprint density at radius 3 is 2.52 bits per heavy atom. The van der Waals surface area contributed by atoms with Crippen molar-refractivity contribution >= 4 is 11.9 Å². The van der Waals surface area contributed by atoms with Gasteiger partial charge in [-0.25, -0.2) is 0 Å². The van der Waals surface area contributed by atoms with Gasteiger partial charge >= 0.3 is 5.97 Å². The zero-order valence-corrected chi connectivity index (χ0v) is 14.5. The van der Waals surface area contributed by atoms with E-state index in [1.54, 1.807) is 4.90 Å². The first-order valence-corrected chi connectivity index (χ1v) is 9.00. The molecule has 1 unspecified atom stereocenters. The third-order valence-corrected chi connectivity index (χ3v) is 5.08. The molecule has 1 aromatic rings. The Labute approximate surface area is 148 Å². The molecule has 0 spiro atoms. The fraction of sp³-hybridized carbons (Fsp3) is 0.579. The van der Waals surface area contributed by atoms with Crippen LogP contribution in [0.1, 0.15) is 18.4 Å². The predicted octanol–water partition coefficient (Wildman–Crippen LogP) is 1.25. The third kappa shape index (κ3) is 5.03. The van der Waals surface area contributed by atoms with Crippen LogP contribution in [0.2, 0.25) is 0 Å². The van der Waals surface area contributed by atoms with Crippen molar-refractivity contribution in [3.8, 4) is 0 Å². The molecule has 2 aliphatic rings. The number of carboxylic acids is 1. The molecule has 6 heteroatoms. The van der Waals surface area contributed by atoms with Crippen LogP contribution >= 0.6 is 0 Å². The Morgan fingerprint density at radius 2 is 1.84 bits per heavy atom. The molecule has 25 heavy (non-hydrogen) atoms. The van der Waals surface area contributed by atoms with Gasteiger partial charge in [0.1, 0.15) is 0 Å². The van der Waals surface area contributed by atoms with E-state index < -0.39 is 5.97 Å². The number of benzene rings is 1. The van der Waals surface area contributed by atoms with E-state index in [2.05, 4.69) is 17.0 Å². The number of nitrogens with zero attached hydrogens (tertiary/aromatic N) is 2. The molecular weight excluding hydrogens is 320 g/mol. The topological polar surface area (TPSA) is 70.1 Å². The van der Waals surface area contributed by atoms with Gasteiger partial charge in [0.15, 0.2) is 0 Å². The van der Waals surface area contributed by atoms with E-state index in [1.807, 2.05) is 18.2 Å². The Kier molecular flexibility index (Phi) is 6.04. The maximum atomic E-state index is 12.5. The lowest BCUT2D eigenvalue weighted by Crippen LogP contribution is -2.50. The summed E-state index contributed by atoms with van der Waals surface area (Å²) >= 11 is 0. The van der Waals surface area contributed by atoms with E-state index in [9.17, 15) is 9.59 Å². The number of carboxylic acid groups (broad SMARTS) is 1. The molecule has 2 heterocycles. The normalized spacial score (nSPS) is 22.7. The van der Waals surface area contributed by atoms with Gasteiger partial charge in [-0.1, -0.05) is 30.3 Å². The van der Waals surface area contributed by atoms with Crippen molar-refractivity contribution in [2.75, 3.05) is 39.3 Å². The zero-order valence-electron chi connectivity index (χ0n) is 14.5. The number of hydrogen-bond donors (Lipinski definition) is 1. The van der Waals surface area contributed by atoms with Crippen LogP contribution < -0.4 is 0 Å². The summed E-state index contributed by atoms with van der Waals surface area (Å²) in [5.74, 6) is -0.948. The molecule has 0 radical (unpaired) electrons. The lowest BCUT2D eigenvalue weighted by atomic mass is 9.97. The minimum atomic E-state index is -0.746. The summed E-state index contributed by atoms with van der Waals surface area (Å²) in [6.07, 6.45) is 2.08. The van der Waals surface area contributed by atoms with Gasteiger partial charge in [-0.15, -0.1) is 0 Å². The highest BCUT2D eigenvalue weighted by Crippen LogP contribution is 2.18. The van der Waals surface area contributed by atoms with Crippen molar-refractivity contribution in [1.82, 2.24) is 9.80 Å². The first-order valence-electron chi connectivity index (χ1n) is 9.00. The van der Waals surface area contributed by atoms with Gasteiger partial charge < -0.3 is 14.7 Å². The summed E-state index contributed by atoms with van der Waals surface area (Å²) in [5.41, 5.74) is 1.25. The Bertz CT molecular complexity index is 584. The van der Waals surface area contributed by atoms with Crippen molar-refractivity contribution in [1.29, 1.82) is 0 Å². The van der Waals surface area contributed by atoms with E-state index in [-0.39, 0.29) is 17.9 Å². The average Bonchev–Trinajstić information content (AvgIpc) is 2.63. The molecule has 1 N–H and O–H groups in total. The van der Waals surface area contributed by atoms with Crippen LogP contribution in [0.25, 0.3) is 0 Å². The highest BCUT2D eigenvalue weighted by Gasteiger charge is 2.29. The van der Waals surface area contributed by atoms with Gasteiger partial charge in [0, 0.05) is 26.2 Å². The number of carbonyl (C=O) groups excluding carboxylic acids is 1. The van der Waals surface area contributed by atoms with Crippen molar-refractivity contribution in [2.24, 2.45) is 5.92 Å². The monoisotopic (exact) mass is 346 g/mol. The number of aliphatic carboxylic acids is 1.